The van der Waals surface area contributed by atoms with Crippen LogP contribution in [0.4, 0.5) is 0 Å². The van der Waals surface area contributed by atoms with Crippen LogP contribution < -0.4 is 0 Å². The molecule has 0 bridgehead atoms. The smallest absolute Gasteiger partial charge is 0.227 e. The molecule has 0 N–H and O–H groups in total. The lowest BCUT2D eigenvalue weighted by Crippen LogP contribution is -2.55. The maximum Gasteiger partial charge on any atom is 0.227 e. The normalized spacial score (nSPS) is 22.5. The van der Waals surface area contributed by atoms with Crippen LogP contribution in [-0.4, -0.2) is 51.2 Å². The molecule has 2 aromatic heterocycles. The summed E-state index contributed by atoms with van der Waals surface area (Å²) in [5.74, 6) is 0.367. The highest BCUT2D eigenvalue weighted by Crippen LogP contribution is 2.39. The van der Waals surface area contributed by atoms with Crippen molar-refractivity contribution in [1.29, 1.82) is 0 Å². The van der Waals surface area contributed by atoms with Crippen LogP contribution in [0, 0.1) is 5.41 Å². The van der Waals surface area contributed by atoms with Gasteiger partial charge in [-0.2, -0.15) is 0 Å². The summed E-state index contributed by atoms with van der Waals surface area (Å²) in [6, 6.07) is 7.72. The molecule has 2 aliphatic rings. The van der Waals surface area contributed by atoms with E-state index in [1.165, 1.54) is 0 Å². The molecule has 1 atom stereocenters. The number of piperidine rings is 2. The quantitative estimate of drug-likeness (QED) is 0.820. The summed E-state index contributed by atoms with van der Waals surface area (Å²) in [6.45, 7) is 2.89. The summed E-state index contributed by atoms with van der Waals surface area (Å²) in [5, 5.41) is 0. The SMILES string of the molecule is O=C(Cc1cccnc1)N1CCCC2(CCC(=O)N(Cc3ccncc3)C2)C1. The lowest BCUT2D eigenvalue weighted by molar-refractivity contribution is -0.143. The Kier molecular flexibility index (Phi) is 5.37. The molecule has 4 heterocycles. The molecule has 4 rings (SSSR count). The fourth-order valence-corrected chi connectivity index (χ4v) is 4.50. The van der Waals surface area contributed by atoms with Crippen LogP contribution in [0.5, 0.6) is 0 Å². The van der Waals surface area contributed by atoms with Crippen LogP contribution in [0.2, 0.25) is 0 Å². The zero-order chi connectivity index (χ0) is 19.4. The van der Waals surface area contributed by atoms with Gasteiger partial charge in [-0.3, -0.25) is 19.6 Å². The summed E-state index contributed by atoms with van der Waals surface area (Å²) in [6.07, 6.45) is 10.9. The Morgan fingerprint density at radius 1 is 1.04 bits per heavy atom. The van der Waals surface area contributed by atoms with Crippen molar-refractivity contribution < 1.29 is 9.59 Å². The monoisotopic (exact) mass is 378 g/mol. The molecule has 0 aliphatic carbocycles. The van der Waals surface area contributed by atoms with Crippen LogP contribution in [0.25, 0.3) is 0 Å². The molecule has 1 unspecified atom stereocenters. The molecule has 0 saturated carbocycles. The van der Waals surface area contributed by atoms with E-state index in [4.69, 9.17) is 0 Å². The van der Waals surface area contributed by atoms with Crippen LogP contribution in [0.15, 0.2) is 49.1 Å². The Labute approximate surface area is 165 Å². The fraction of sp³-hybridized carbons (Fsp3) is 0.455. The highest BCUT2D eigenvalue weighted by Gasteiger charge is 2.42. The predicted octanol–water partition coefficient (Wildman–Crippen LogP) is 2.45. The van der Waals surface area contributed by atoms with Crippen molar-refractivity contribution in [3.8, 4) is 0 Å². The van der Waals surface area contributed by atoms with E-state index in [1.54, 1.807) is 24.8 Å². The molecule has 2 fully saturated rings. The first-order chi connectivity index (χ1) is 13.6. The first-order valence-electron chi connectivity index (χ1n) is 9.97. The third kappa shape index (κ3) is 4.21. The Hall–Kier alpha value is -2.76. The molecule has 0 aromatic carbocycles. The summed E-state index contributed by atoms with van der Waals surface area (Å²) < 4.78 is 0. The number of pyridine rings is 2. The van der Waals surface area contributed by atoms with E-state index >= 15 is 0 Å². The van der Waals surface area contributed by atoms with Crippen molar-refractivity contribution in [2.75, 3.05) is 19.6 Å². The first kappa shape index (κ1) is 18.6. The number of aromatic nitrogens is 2. The molecule has 6 heteroatoms. The van der Waals surface area contributed by atoms with Gasteiger partial charge in [0.15, 0.2) is 0 Å². The number of hydrogen-bond donors (Lipinski definition) is 0. The number of carbonyl (C=O) groups excluding carboxylic acids is 2. The zero-order valence-corrected chi connectivity index (χ0v) is 16.1. The van der Waals surface area contributed by atoms with Gasteiger partial charge < -0.3 is 9.80 Å². The van der Waals surface area contributed by atoms with E-state index in [-0.39, 0.29) is 17.2 Å². The van der Waals surface area contributed by atoms with Gasteiger partial charge in [0.2, 0.25) is 11.8 Å². The number of amides is 2. The zero-order valence-electron chi connectivity index (χ0n) is 16.1. The minimum atomic E-state index is 0.0176. The summed E-state index contributed by atoms with van der Waals surface area (Å²) in [7, 11) is 0. The topological polar surface area (TPSA) is 66.4 Å². The first-order valence-corrected chi connectivity index (χ1v) is 9.97. The standard InChI is InChI=1S/C22H26N4O2/c27-20-4-8-22(17-26(20)15-18-5-10-23-11-6-18)7-2-12-25(16-22)21(28)13-19-3-1-9-24-14-19/h1,3,5-6,9-11,14H,2,4,7-8,12-13,15-17H2. The highest BCUT2D eigenvalue weighted by atomic mass is 16.2. The van der Waals surface area contributed by atoms with E-state index in [0.29, 0.717) is 19.4 Å². The minimum Gasteiger partial charge on any atom is -0.342 e. The molecule has 2 aliphatic heterocycles. The molecule has 0 radical (unpaired) electrons. The lowest BCUT2D eigenvalue weighted by atomic mass is 9.73. The molecule has 6 nitrogen and oxygen atoms in total. The molecule has 28 heavy (non-hydrogen) atoms. The van der Waals surface area contributed by atoms with Gasteiger partial charge >= 0.3 is 0 Å². The van der Waals surface area contributed by atoms with Gasteiger partial charge in [0.25, 0.3) is 0 Å². The van der Waals surface area contributed by atoms with Crippen LogP contribution in [0.3, 0.4) is 0 Å². The van der Waals surface area contributed by atoms with E-state index in [1.807, 2.05) is 34.1 Å². The maximum absolute atomic E-state index is 12.8. The minimum absolute atomic E-state index is 0.0176. The second-order valence-corrected chi connectivity index (χ2v) is 8.06. The molecule has 146 valence electrons. The van der Waals surface area contributed by atoms with Crippen LogP contribution in [0.1, 0.15) is 36.8 Å². The van der Waals surface area contributed by atoms with Crippen LogP contribution in [-0.2, 0) is 22.6 Å². The molecular formula is C22H26N4O2. The highest BCUT2D eigenvalue weighted by molar-refractivity contribution is 5.79. The largest absolute Gasteiger partial charge is 0.342 e. The van der Waals surface area contributed by atoms with Crippen molar-refractivity contribution in [3.63, 3.8) is 0 Å². The van der Waals surface area contributed by atoms with Gasteiger partial charge in [0.1, 0.15) is 0 Å². The molecule has 1 spiro atoms. The number of carbonyl (C=O) groups is 2. The van der Waals surface area contributed by atoms with Gasteiger partial charge in [-0.15, -0.1) is 0 Å². The van der Waals surface area contributed by atoms with E-state index in [9.17, 15) is 9.59 Å². The number of hydrogen-bond acceptors (Lipinski definition) is 4. The third-order valence-electron chi connectivity index (χ3n) is 5.96. The van der Waals surface area contributed by atoms with E-state index < -0.39 is 0 Å². The van der Waals surface area contributed by atoms with Gasteiger partial charge in [0, 0.05) is 62.8 Å². The van der Waals surface area contributed by atoms with Crippen LogP contribution >= 0.6 is 0 Å². The number of nitrogens with zero attached hydrogens (tertiary/aromatic N) is 4. The van der Waals surface area contributed by atoms with Gasteiger partial charge in [-0.05, 0) is 48.6 Å². The second-order valence-electron chi connectivity index (χ2n) is 8.06. The molecular weight excluding hydrogens is 352 g/mol. The Balaban J connectivity index is 1.43. The molecule has 2 saturated heterocycles. The van der Waals surface area contributed by atoms with Crippen molar-refractivity contribution >= 4 is 11.8 Å². The third-order valence-corrected chi connectivity index (χ3v) is 5.96. The predicted molar refractivity (Wildman–Crippen MR) is 105 cm³/mol. The van der Waals surface area contributed by atoms with Gasteiger partial charge in [-0.25, -0.2) is 0 Å². The van der Waals surface area contributed by atoms with Crippen molar-refractivity contribution in [3.05, 3.63) is 60.2 Å². The van der Waals surface area contributed by atoms with Crippen molar-refractivity contribution in [1.82, 2.24) is 19.8 Å². The average Bonchev–Trinajstić information content (AvgIpc) is 2.73. The average molecular weight is 378 g/mol. The van der Waals surface area contributed by atoms with E-state index in [2.05, 4.69) is 9.97 Å². The second kappa shape index (κ2) is 8.09. The molecule has 2 amide bonds. The summed E-state index contributed by atoms with van der Waals surface area (Å²) in [5.41, 5.74) is 2.06. The van der Waals surface area contributed by atoms with Gasteiger partial charge in [-0.1, -0.05) is 6.07 Å². The number of likely N-dealkylation sites (tertiary alicyclic amines) is 2. The van der Waals surface area contributed by atoms with E-state index in [0.717, 1.165) is 50.0 Å². The summed E-state index contributed by atoms with van der Waals surface area (Å²) in [4.78, 5) is 37.5. The fourth-order valence-electron chi connectivity index (χ4n) is 4.50. The lowest BCUT2D eigenvalue weighted by Gasteiger charge is -2.48. The van der Waals surface area contributed by atoms with Crippen molar-refractivity contribution in [2.45, 2.75) is 38.6 Å². The van der Waals surface area contributed by atoms with Gasteiger partial charge in [0.05, 0.1) is 6.42 Å². The molecule has 2 aromatic rings. The van der Waals surface area contributed by atoms with Crippen molar-refractivity contribution in [2.24, 2.45) is 5.41 Å². The Morgan fingerprint density at radius 2 is 1.89 bits per heavy atom. The number of rotatable bonds is 4. The summed E-state index contributed by atoms with van der Waals surface area (Å²) >= 11 is 0. The maximum atomic E-state index is 12.8. The Morgan fingerprint density at radius 3 is 2.68 bits per heavy atom. The Bertz CT molecular complexity index is 827.